The van der Waals surface area contributed by atoms with Crippen LogP contribution in [0.5, 0.6) is 5.75 Å². The maximum absolute atomic E-state index is 11.7. The summed E-state index contributed by atoms with van der Waals surface area (Å²) in [6, 6.07) is 3.94. The van der Waals surface area contributed by atoms with Crippen LogP contribution in [0.4, 0.5) is 5.69 Å². The first-order valence-corrected chi connectivity index (χ1v) is 5.53. The third kappa shape index (κ3) is 3.21. The number of benzene rings is 1. The monoisotopic (exact) mass is 251 g/mol. The molecule has 0 fully saturated rings. The number of primary amides is 1. The van der Waals surface area contributed by atoms with E-state index in [4.69, 9.17) is 16.2 Å². The number of nitrogens with one attached hydrogen (secondary N) is 1. The second-order valence-corrected chi connectivity index (χ2v) is 3.78. The average molecular weight is 251 g/mol. The molecule has 6 nitrogen and oxygen atoms in total. The van der Waals surface area contributed by atoms with Gasteiger partial charge in [0, 0.05) is 5.56 Å². The minimum atomic E-state index is -0.605. The highest BCUT2D eigenvalue weighted by Gasteiger charge is 2.14. The van der Waals surface area contributed by atoms with Crippen LogP contribution in [0, 0.1) is 0 Å². The van der Waals surface area contributed by atoms with Crippen molar-refractivity contribution in [3.63, 3.8) is 0 Å². The first-order valence-electron chi connectivity index (χ1n) is 5.53. The van der Waals surface area contributed by atoms with Gasteiger partial charge in [-0.15, -0.1) is 0 Å². The molecule has 0 radical (unpaired) electrons. The zero-order chi connectivity index (χ0) is 13.7. The van der Waals surface area contributed by atoms with Crippen molar-refractivity contribution in [3.05, 3.63) is 23.8 Å². The summed E-state index contributed by atoms with van der Waals surface area (Å²) in [7, 11) is 1.47. The molecule has 0 unspecified atom stereocenters. The van der Waals surface area contributed by atoms with Gasteiger partial charge in [-0.25, -0.2) is 0 Å². The van der Waals surface area contributed by atoms with Gasteiger partial charge in [-0.05, 0) is 24.6 Å². The predicted molar refractivity (Wildman–Crippen MR) is 68.4 cm³/mol. The van der Waals surface area contributed by atoms with Crippen molar-refractivity contribution in [2.75, 3.05) is 12.4 Å². The topological polar surface area (TPSA) is 107 Å². The summed E-state index contributed by atoms with van der Waals surface area (Å²) in [5.41, 5.74) is 11.4. The van der Waals surface area contributed by atoms with Gasteiger partial charge in [0.1, 0.15) is 5.75 Å². The van der Waals surface area contributed by atoms with Crippen LogP contribution in [0.15, 0.2) is 18.2 Å². The van der Waals surface area contributed by atoms with Gasteiger partial charge in [0.15, 0.2) is 0 Å². The van der Waals surface area contributed by atoms with Crippen LogP contribution in [-0.4, -0.2) is 25.0 Å². The molecular formula is C12H17N3O3. The zero-order valence-corrected chi connectivity index (χ0v) is 10.4. The molecule has 2 amide bonds. The Morgan fingerprint density at radius 3 is 2.61 bits per heavy atom. The minimum absolute atomic E-state index is 0.288. The lowest BCUT2D eigenvalue weighted by molar-refractivity contribution is -0.117. The summed E-state index contributed by atoms with van der Waals surface area (Å²) in [4.78, 5) is 22.8. The van der Waals surface area contributed by atoms with Crippen molar-refractivity contribution in [1.29, 1.82) is 0 Å². The fourth-order valence-electron chi connectivity index (χ4n) is 1.37. The number of methoxy groups -OCH3 is 1. The zero-order valence-electron chi connectivity index (χ0n) is 10.4. The molecule has 0 saturated carbocycles. The van der Waals surface area contributed by atoms with E-state index in [0.29, 0.717) is 17.9 Å². The number of nitrogens with two attached hydrogens (primary N) is 2. The van der Waals surface area contributed by atoms with Crippen molar-refractivity contribution in [3.8, 4) is 5.75 Å². The SMILES string of the molecule is CC[C@H](N)C(=O)Nc1cc(C(N)=O)ccc1OC. The van der Waals surface area contributed by atoms with E-state index in [2.05, 4.69) is 5.32 Å². The molecule has 1 aromatic carbocycles. The lowest BCUT2D eigenvalue weighted by Gasteiger charge is -2.13. The first-order chi connectivity index (χ1) is 8.49. The van der Waals surface area contributed by atoms with E-state index in [1.807, 2.05) is 0 Å². The highest BCUT2D eigenvalue weighted by atomic mass is 16.5. The van der Waals surface area contributed by atoms with Gasteiger partial charge in [-0.1, -0.05) is 6.92 Å². The van der Waals surface area contributed by atoms with Crippen molar-refractivity contribution in [2.24, 2.45) is 11.5 Å². The van der Waals surface area contributed by atoms with Gasteiger partial charge in [0.2, 0.25) is 11.8 Å². The largest absolute Gasteiger partial charge is 0.495 e. The standard InChI is InChI=1S/C12H17N3O3/c1-3-8(13)12(17)15-9-6-7(11(14)16)4-5-10(9)18-2/h4-6,8H,3,13H2,1-2H3,(H2,14,16)(H,15,17)/t8-/m0/s1. The molecule has 1 rings (SSSR count). The lowest BCUT2D eigenvalue weighted by atomic mass is 10.1. The van der Waals surface area contributed by atoms with E-state index >= 15 is 0 Å². The first kappa shape index (κ1) is 14.0. The van der Waals surface area contributed by atoms with Crippen molar-refractivity contribution in [2.45, 2.75) is 19.4 Å². The fraction of sp³-hybridized carbons (Fsp3) is 0.333. The summed E-state index contributed by atoms with van der Waals surface area (Å²) in [6.45, 7) is 1.81. The highest BCUT2D eigenvalue weighted by Crippen LogP contribution is 2.25. The van der Waals surface area contributed by atoms with Crippen LogP contribution in [0.1, 0.15) is 23.7 Å². The molecule has 1 atom stereocenters. The highest BCUT2D eigenvalue weighted by molar-refractivity contribution is 5.99. The number of anilines is 1. The van der Waals surface area contributed by atoms with Gasteiger partial charge in [0.05, 0.1) is 18.8 Å². The Morgan fingerprint density at radius 1 is 1.44 bits per heavy atom. The van der Waals surface area contributed by atoms with E-state index in [0.717, 1.165) is 0 Å². The molecule has 0 heterocycles. The Kier molecular flexibility index (Phi) is 4.67. The number of hydrogen-bond donors (Lipinski definition) is 3. The number of carbonyl (C=O) groups is 2. The van der Waals surface area contributed by atoms with Gasteiger partial charge in [-0.3, -0.25) is 9.59 Å². The Bertz CT molecular complexity index is 460. The van der Waals surface area contributed by atoms with Crippen LogP contribution >= 0.6 is 0 Å². The van der Waals surface area contributed by atoms with Gasteiger partial charge in [-0.2, -0.15) is 0 Å². The molecule has 1 aromatic rings. The molecule has 5 N–H and O–H groups in total. The Balaban J connectivity index is 3.01. The van der Waals surface area contributed by atoms with E-state index in [1.165, 1.54) is 19.2 Å². The van der Waals surface area contributed by atoms with Crippen molar-refractivity contribution >= 4 is 17.5 Å². The van der Waals surface area contributed by atoms with Gasteiger partial charge < -0.3 is 21.5 Å². The summed E-state index contributed by atoms with van der Waals surface area (Å²) in [5.74, 6) is -0.470. The third-order valence-corrected chi connectivity index (χ3v) is 2.52. The summed E-state index contributed by atoms with van der Waals surface area (Å²) < 4.78 is 5.09. The lowest BCUT2D eigenvalue weighted by Crippen LogP contribution is -2.35. The second kappa shape index (κ2) is 6.02. The van der Waals surface area contributed by atoms with Crippen LogP contribution < -0.4 is 21.5 Å². The molecule has 0 saturated heterocycles. The average Bonchev–Trinajstić information content (AvgIpc) is 2.37. The number of rotatable bonds is 5. The quantitative estimate of drug-likeness (QED) is 0.706. The summed E-state index contributed by atoms with van der Waals surface area (Å²) in [6.07, 6.45) is 0.518. The Hall–Kier alpha value is -2.08. The maximum atomic E-state index is 11.7. The number of carbonyl (C=O) groups excluding carboxylic acids is 2. The van der Waals surface area contributed by atoms with E-state index in [-0.39, 0.29) is 11.5 Å². The van der Waals surface area contributed by atoms with E-state index in [9.17, 15) is 9.59 Å². The van der Waals surface area contributed by atoms with Crippen LogP contribution in [0.3, 0.4) is 0 Å². The van der Waals surface area contributed by atoms with Crippen LogP contribution in [0.2, 0.25) is 0 Å². The van der Waals surface area contributed by atoms with E-state index in [1.54, 1.807) is 13.0 Å². The van der Waals surface area contributed by atoms with Crippen molar-refractivity contribution < 1.29 is 14.3 Å². The van der Waals surface area contributed by atoms with Gasteiger partial charge >= 0.3 is 0 Å². The van der Waals surface area contributed by atoms with Crippen LogP contribution in [-0.2, 0) is 4.79 Å². The molecule has 0 aliphatic heterocycles. The smallest absolute Gasteiger partial charge is 0.248 e. The van der Waals surface area contributed by atoms with Gasteiger partial charge in [0.25, 0.3) is 0 Å². The summed E-state index contributed by atoms with van der Waals surface area (Å²) >= 11 is 0. The Morgan fingerprint density at radius 2 is 2.11 bits per heavy atom. The molecular weight excluding hydrogens is 234 g/mol. The molecule has 6 heteroatoms. The summed E-state index contributed by atoms with van der Waals surface area (Å²) in [5, 5.41) is 2.61. The molecule has 18 heavy (non-hydrogen) atoms. The molecule has 0 bridgehead atoms. The molecule has 98 valence electrons. The second-order valence-electron chi connectivity index (χ2n) is 3.78. The Labute approximate surface area is 105 Å². The number of ether oxygens (including phenoxy) is 1. The normalized spacial score (nSPS) is 11.7. The van der Waals surface area contributed by atoms with Crippen molar-refractivity contribution in [1.82, 2.24) is 0 Å². The third-order valence-electron chi connectivity index (χ3n) is 2.52. The maximum Gasteiger partial charge on any atom is 0.248 e. The fourth-order valence-corrected chi connectivity index (χ4v) is 1.37. The predicted octanol–water partition coefficient (Wildman–Crippen LogP) is 0.470. The molecule has 0 spiro atoms. The van der Waals surface area contributed by atoms with E-state index < -0.39 is 11.9 Å². The number of hydrogen-bond acceptors (Lipinski definition) is 4. The molecule has 0 aliphatic rings. The molecule has 0 aliphatic carbocycles. The van der Waals surface area contributed by atoms with Crippen LogP contribution in [0.25, 0.3) is 0 Å². The minimum Gasteiger partial charge on any atom is -0.495 e. The number of amides is 2. The molecule has 0 aromatic heterocycles.